The zero-order chi connectivity index (χ0) is 14.3. The van der Waals surface area contributed by atoms with E-state index in [1.54, 1.807) is 0 Å². The van der Waals surface area contributed by atoms with Crippen molar-refractivity contribution in [2.45, 2.75) is 45.2 Å². The molecule has 0 amide bonds. The average Bonchev–Trinajstić information content (AvgIpc) is 2.79. The molecule has 4 heteroatoms. The predicted molar refractivity (Wildman–Crippen MR) is 80.7 cm³/mol. The summed E-state index contributed by atoms with van der Waals surface area (Å²) in [4.78, 5) is 2.47. The molecule has 0 bridgehead atoms. The van der Waals surface area contributed by atoms with Gasteiger partial charge < -0.3 is 4.90 Å². The first-order valence-electron chi connectivity index (χ1n) is 7.19. The van der Waals surface area contributed by atoms with Gasteiger partial charge in [0.05, 0.1) is 18.4 Å². The largest absolute Gasteiger partial charge is 0.363 e. The highest BCUT2D eigenvalue weighted by molar-refractivity contribution is 5.59. The molecule has 20 heavy (non-hydrogen) atoms. The number of fused-ring (bicyclic) bond motifs is 1. The highest BCUT2D eigenvalue weighted by Gasteiger charge is 2.35. The molecule has 0 N–H and O–H groups in total. The van der Waals surface area contributed by atoms with Crippen LogP contribution in [0, 0.1) is 0 Å². The quantitative estimate of drug-likeness (QED) is 0.841. The Balaban J connectivity index is 2.01. The number of para-hydroxylation sites is 1. The van der Waals surface area contributed by atoms with Crippen molar-refractivity contribution in [1.82, 2.24) is 15.0 Å². The topological polar surface area (TPSA) is 34.0 Å². The number of nitrogens with zero attached hydrogens (tertiary/aromatic N) is 4. The van der Waals surface area contributed by atoms with Gasteiger partial charge in [-0.15, -0.1) is 5.10 Å². The van der Waals surface area contributed by atoms with Crippen LogP contribution in [0.3, 0.4) is 0 Å². The van der Waals surface area contributed by atoms with Gasteiger partial charge in [-0.25, -0.2) is 0 Å². The van der Waals surface area contributed by atoms with Crippen molar-refractivity contribution in [1.29, 1.82) is 0 Å². The summed E-state index contributed by atoms with van der Waals surface area (Å²) in [6.45, 7) is 7.84. The monoisotopic (exact) mass is 270 g/mol. The third-order valence-corrected chi connectivity index (χ3v) is 4.42. The van der Waals surface area contributed by atoms with Gasteiger partial charge in [-0.2, -0.15) is 0 Å². The highest BCUT2D eigenvalue weighted by atomic mass is 15.4. The summed E-state index contributed by atoms with van der Waals surface area (Å²) in [5, 5.41) is 8.01. The fraction of sp³-hybridized carbons (Fsp3) is 0.500. The summed E-state index contributed by atoms with van der Waals surface area (Å²) in [7, 11) is 1.95. The lowest BCUT2D eigenvalue weighted by Crippen LogP contribution is -2.43. The van der Waals surface area contributed by atoms with Gasteiger partial charge in [-0.3, -0.25) is 4.68 Å². The third-order valence-electron chi connectivity index (χ3n) is 4.42. The minimum absolute atomic E-state index is 0.233. The summed E-state index contributed by atoms with van der Waals surface area (Å²) in [5.74, 6) is 0. The number of aryl methyl sites for hydroxylation is 1. The van der Waals surface area contributed by atoms with Gasteiger partial charge in [0.2, 0.25) is 0 Å². The molecule has 1 aromatic heterocycles. The molecule has 0 aliphatic carbocycles. The summed E-state index contributed by atoms with van der Waals surface area (Å²) in [6, 6.07) is 9.27. The van der Waals surface area contributed by atoms with Gasteiger partial charge in [0.15, 0.2) is 0 Å². The zero-order valence-electron chi connectivity index (χ0n) is 12.7. The lowest BCUT2D eigenvalue weighted by atomic mass is 9.75. The molecule has 1 aliphatic rings. The maximum absolute atomic E-state index is 4.03. The van der Waals surface area contributed by atoms with E-state index in [0.29, 0.717) is 6.04 Å². The van der Waals surface area contributed by atoms with Gasteiger partial charge in [0.25, 0.3) is 0 Å². The molecule has 3 rings (SSSR count). The van der Waals surface area contributed by atoms with E-state index >= 15 is 0 Å². The maximum Gasteiger partial charge on any atom is 0.0777 e. The van der Waals surface area contributed by atoms with Crippen LogP contribution in [0.15, 0.2) is 30.5 Å². The lowest BCUT2D eigenvalue weighted by Gasteiger charge is -2.44. The van der Waals surface area contributed by atoms with Gasteiger partial charge in [-0.05, 0) is 30.4 Å². The molecule has 0 saturated carbocycles. The number of hydrogen-bond donors (Lipinski definition) is 0. The number of aromatic nitrogens is 3. The van der Waals surface area contributed by atoms with Crippen LogP contribution in [0.2, 0.25) is 0 Å². The van der Waals surface area contributed by atoms with Crippen molar-refractivity contribution in [2.24, 2.45) is 7.05 Å². The number of rotatable bonds is 2. The van der Waals surface area contributed by atoms with E-state index in [4.69, 9.17) is 0 Å². The zero-order valence-corrected chi connectivity index (χ0v) is 12.7. The fourth-order valence-corrected chi connectivity index (χ4v) is 3.36. The fourth-order valence-electron chi connectivity index (χ4n) is 3.36. The second-order valence-electron chi connectivity index (χ2n) is 6.43. The molecule has 1 unspecified atom stereocenters. The molecule has 0 saturated heterocycles. The van der Waals surface area contributed by atoms with Crippen LogP contribution in [0.4, 0.5) is 5.69 Å². The van der Waals surface area contributed by atoms with Gasteiger partial charge >= 0.3 is 0 Å². The van der Waals surface area contributed by atoms with Crippen LogP contribution in [0.25, 0.3) is 0 Å². The Kier molecular flexibility index (Phi) is 3.04. The molecule has 2 aromatic rings. The van der Waals surface area contributed by atoms with E-state index < -0.39 is 0 Å². The highest BCUT2D eigenvalue weighted by Crippen LogP contribution is 2.42. The third kappa shape index (κ3) is 2.09. The summed E-state index contributed by atoms with van der Waals surface area (Å²) in [6.07, 6.45) is 3.02. The molecule has 0 spiro atoms. The van der Waals surface area contributed by atoms with Crippen molar-refractivity contribution in [3.63, 3.8) is 0 Å². The molecule has 4 nitrogen and oxygen atoms in total. The van der Waals surface area contributed by atoms with Crippen LogP contribution in [-0.4, -0.2) is 21.0 Å². The Hall–Kier alpha value is -1.84. The van der Waals surface area contributed by atoms with Crippen LogP contribution < -0.4 is 4.90 Å². The van der Waals surface area contributed by atoms with Crippen molar-refractivity contribution in [3.8, 4) is 0 Å². The van der Waals surface area contributed by atoms with E-state index in [9.17, 15) is 0 Å². The molecule has 1 aromatic carbocycles. The Morgan fingerprint density at radius 3 is 2.75 bits per heavy atom. The van der Waals surface area contributed by atoms with Crippen LogP contribution in [-0.2, 0) is 19.0 Å². The number of anilines is 1. The predicted octanol–water partition coefficient (Wildman–Crippen LogP) is 2.89. The minimum Gasteiger partial charge on any atom is -0.363 e. The molecule has 0 radical (unpaired) electrons. The Labute approximate surface area is 120 Å². The average molecular weight is 270 g/mol. The van der Waals surface area contributed by atoms with Gasteiger partial charge in [-0.1, -0.05) is 37.3 Å². The summed E-state index contributed by atoms with van der Waals surface area (Å²) in [5.41, 5.74) is 4.16. The van der Waals surface area contributed by atoms with E-state index in [0.717, 1.165) is 18.7 Å². The first kappa shape index (κ1) is 13.2. The van der Waals surface area contributed by atoms with Gasteiger partial charge in [0.1, 0.15) is 0 Å². The molecule has 0 fully saturated rings. The molecular weight excluding hydrogens is 248 g/mol. The van der Waals surface area contributed by atoms with Crippen molar-refractivity contribution >= 4 is 5.69 Å². The van der Waals surface area contributed by atoms with Crippen LogP contribution in [0.5, 0.6) is 0 Å². The first-order valence-corrected chi connectivity index (χ1v) is 7.19. The summed E-state index contributed by atoms with van der Waals surface area (Å²) >= 11 is 0. The SMILES string of the molecule is CC1CC(C)(C)c2ccccc2N1Cc1cnnn1C. The smallest absolute Gasteiger partial charge is 0.0777 e. The minimum atomic E-state index is 0.233. The second-order valence-corrected chi connectivity index (χ2v) is 6.43. The molecular formula is C16H22N4. The molecule has 2 heterocycles. The number of benzene rings is 1. The Morgan fingerprint density at radius 2 is 2.05 bits per heavy atom. The van der Waals surface area contributed by atoms with Gasteiger partial charge in [0, 0.05) is 18.8 Å². The van der Waals surface area contributed by atoms with E-state index in [1.165, 1.54) is 11.3 Å². The van der Waals surface area contributed by atoms with Crippen LogP contribution in [0.1, 0.15) is 38.4 Å². The van der Waals surface area contributed by atoms with Crippen molar-refractivity contribution in [2.75, 3.05) is 4.90 Å². The second kappa shape index (κ2) is 4.62. The maximum atomic E-state index is 4.03. The molecule has 106 valence electrons. The first-order chi connectivity index (χ1) is 9.49. The number of hydrogen-bond acceptors (Lipinski definition) is 3. The standard InChI is InChI=1S/C16H22N4/c1-12-9-16(2,3)14-7-5-6-8-15(14)20(12)11-13-10-17-18-19(13)4/h5-8,10,12H,9,11H2,1-4H3. The van der Waals surface area contributed by atoms with Crippen molar-refractivity contribution < 1.29 is 0 Å². The summed E-state index contributed by atoms with van der Waals surface area (Å²) < 4.78 is 1.86. The van der Waals surface area contributed by atoms with E-state index in [-0.39, 0.29) is 5.41 Å². The lowest BCUT2D eigenvalue weighted by molar-refractivity contribution is 0.391. The van der Waals surface area contributed by atoms with E-state index in [2.05, 4.69) is 60.2 Å². The van der Waals surface area contributed by atoms with Crippen LogP contribution >= 0.6 is 0 Å². The van der Waals surface area contributed by atoms with E-state index in [1.807, 2.05) is 17.9 Å². The molecule has 1 aliphatic heterocycles. The van der Waals surface area contributed by atoms with Crippen molar-refractivity contribution in [3.05, 3.63) is 41.7 Å². The Morgan fingerprint density at radius 1 is 1.30 bits per heavy atom. The molecule has 1 atom stereocenters. The normalized spacial score (nSPS) is 20.8. The Bertz CT molecular complexity index is 614.